The van der Waals surface area contributed by atoms with Crippen LogP contribution in [0.3, 0.4) is 0 Å². The summed E-state index contributed by atoms with van der Waals surface area (Å²) in [6, 6.07) is 10.1. The molecule has 1 N–H and O–H groups in total. The highest BCUT2D eigenvalue weighted by Gasteiger charge is 2.14. The Bertz CT molecular complexity index is 1140. The Kier molecular flexibility index (Phi) is 6.71. The van der Waals surface area contributed by atoms with Crippen molar-refractivity contribution >= 4 is 40.3 Å². The summed E-state index contributed by atoms with van der Waals surface area (Å²) in [6.45, 7) is 6.58. The average molecular weight is 409 g/mol. The van der Waals surface area contributed by atoms with E-state index in [-0.39, 0.29) is 11.1 Å². The van der Waals surface area contributed by atoms with Gasteiger partial charge in [-0.15, -0.1) is 11.3 Å². The van der Waals surface area contributed by atoms with Crippen LogP contribution in [0, 0.1) is 11.3 Å². The zero-order valence-electron chi connectivity index (χ0n) is 16.7. The van der Waals surface area contributed by atoms with Crippen molar-refractivity contribution in [3.8, 4) is 6.07 Å². The van der Waals surface area contributed by atoms with Crippen LogP contribution in [0.15, 0.2) is 29.1 Å². The van der Waals surface area contributed by atoms with Crippen LogP contribution >= 0.6 is 11.3 Å². The summed E-state index contributed by atoms with van der Waals surface area (Å²) in [7, 11) is 0. The quantitative estimate of drug-likeness (QED) is 0.812. The summed E-state index contributed by atoms with van der Waals surface area (Å²) >= 11 is 1.12. The monoisotopic (exact) mass is 408 g/mol. The Labute approximate surface area is 173 Å². The van der Waals surface area contributed by atoms with Crippen molar-refractivity contribution in [3.63, 3.8) is 0 Å². The first-order chi connectivity index (χ1) is 14.1. The SMILES string of the molecule is CCNC(=O)/C(C#N)=c1\sc(=C=Cc2ccc(N3CCCC3)cc2)c(=O)n1CC. The van der Waals surface area contributed by atoms with Gasteiger partial charge in [-0.05, 0) is 50.5 Å². The van der Waals surface area contributed by atoms with Crippen LogP contribution < -0.4 is 25.0 Å². The maximum atomic E-state index is 12.7. The molecule has 1 aliphatic rings. The first-order valence-electron chi connectivity index (χ1n) is 9.83. The fourth-order valence-electron chi connectivity index (χ4n) is 3.32. The zero-order valence-corrected chi connectivity index (χ0v) is 17.5. The van der Waals surface area contributed by atoms with Gasteiger partial charge < -0.3 is 10.2 Å². The van der Waals surface area contributed by atoms with E-state index in [4.69, 9.17) is 0 Å². The third kappa shape index (κ3) is 4.51. The molecule has 150 valence electrons. The number of nitrogens with one attached hydrogen (secondary N) is 1. The number of aromatic nitrogens is 1. The molecule has 1 saturated heterocycles. The Morgan fingerprint density at radius 1 is 1.24 bits per heavy atom. The summed E-state index contributed by atoms with van der Waals surface area (Å²) in [5, 5.41) is 12.1. The van der Waals surface area contributed by atoms with Crippen LogP contribution in [0.1, 0.15) is 32.3 Å². The molecule has 2 heterocycles. The van der Waals surface area contributed by atoms with Crippen LogP contribution in [-0.4, -0.2) is 30.1 Å². The fourth-order valence-corrected chi connectivity index (χ4v) is 4.40. The van der Waals surface area contributed by atoms with Crippen molar-refractivity contribution in [1.29, 1.82) is 5.26 Å². The molecule has 0 bridgehead atoms. The lowest BCUT2D eigenvalue weighted by Crippen LogP contribution is -2.34. The van der Waals surface area contributed by atoms with Gasteiger partial charge in [0, 0.05) is 31.9 Å². The van der Waals surface area contributed by atoms with E-state index < -0.39 is 5.91 Å². The summed E-state index contributed by atoms with van der Waals surface area (Å²) in [6.07, 6.45) is 4.23. The van der Waals surface area contributed by atoms with Crippen molar-refractivity contribution in [2.75, 3.05) is 24.5 Å². The topological polar surface area (TPSA) is 78.1 Å². The number of carbonyl (C=O) groups is 1. The average Bonchev–Trinajstić information content (AvgIpc) is 3.36. The van der Waals surface area contributed by atoms with Crippen molar-refractivity contribution in [2.45, 2.75) is 33.2 Å². The summed E-state index contributed by atoms with van der Waals surface area (Å²) in [5.74, 6) is -0.466. The predicted molar refractivity (Wildman–Crippen MR) is 117 cm³/mol. The van der Waals surface area contributed by atoms with Crippen LogP contribution in [0.25, 0.3) is 17.4 Å². The lowest BCUT2D eigenvalue weighted by Gasteiger charge is -2.17. The van der Waals surface area contributed by atoms with Gasteiger partial charge in [-0.25, -0.2) is 0 Å². The number of amides is 1. The highest BCUT2D eigenvalue weighted by atomic mass is 32.1. The van der Waals surface area contributed by atoms with Gasteiger partial charge in [-0.3, -0.25) is 14.2 Å². The molecule has 6 nitrogen and oxygen atoms in total. The smallest absolute Gasteiger partial charge is 0.277 e. The second-order valence-electron chi connectivity index (χ2n) is 6.71. The lowest BCUT2D eigenvalue weighted by atomic mass is 10.2. The highest BCUT2D eigenvalue weighted by molar-refractivity contribution is 7.07. The fraction of sp³-hybridized carbons (Fsp3) is 0.364. The number of hydrogen-bond donors (Lipinski definition) is 1. The molecule has 0 radical (unpaired) electrons. The lowest BCUT2D eigenvalue weighted by molar-refractivity contribution is -0.115. The largest absolute Gasteiger partial charge is 0.372 e. The Morgan fingerprint density at radius 2 is 1.93 bits per heavy atom. The van der Waals surface area contributed by atoms with E-state index >= 15 is 0 Å². The Morgan fingerprint density at radius 3 is 2.52 bits per heavy atom. The van der Waals surface area contributed by atoms with Crippen LogP contribution in [0.2, 0.25) is 0 Å². The van der Waals surface area contributed by atoms with Gasteiger partial charge in [0.05, 0.1) is 0 Å². The maximum absolute atomic E-state index is 12.7. The molecule has 0 aliphatic carbocycles. The van der Waals surface area contributed by atoms with Gasteiger partial charge in [-0.2, -0.15) is 5.26 Å². The molecule has 0 saturated carbocycles. The number of rotatable bonds is 5. The Hall–Kier alpha value is -3.07. The summed E-state index contributed by atoms with van der Waals surface area (Å²) in [4.78, 5) is 27.2. The second kappa shape index (κ2) is 9.42. The number of anilines is 1. The first-order valence-corrected chi connectivity index (χ1v) is 10.6. The molecule has 1 fully saturated rings. The number of hydrogen-bond acceptors (Lipinski definition) is 5. The van der Waals surface area contributed by atoms with Crippen LogP contribution in [-0.2, 0) is 11.3 Å². The standard InChI is InChI=1S/C22H24N4O2S/c1-3-24-20(27)18(15-23)22-26(4-2)21(28)19(29-22)12-9-16-7-10-17(11-8-16)25-13-5-6-14-25/h7-11H,3-6,13-14H2,1-2H3,(H,24,27)/b22-18-. The van der Waals surface area contributed by atoms with Gasteiger partial charge in [0.15, 0.2) is 5.57 Å². The summed E-state index contributed by atoms with van der Waals surface area (Å²) in [5.41, 5.74) is 4.92. The van der Waals surface area contributed by atoms with Crippen molar-refractivity contribution in [2.24, 2.45) is 0 Å². The summed E-state index contributed by atoms with van der Waals surface area (Å²) < 4.78 is 2.19. The maximum Gasteiger partial charge on any atom is 0.277 e. The van der Waals surface area contributed by atoms with Gasteiger partial charge in [0.2, 0.25) is 0 Å². The van der Waals surface area contributed by atoms with E-state index in [1.54, 1.807) is 13.0 Å². The molecule has 0 atom stereocenters. The molecule has 1 amide bonds. The number of thiazole rings is 1. The van der Waals surface area contributed by atoms with Crippen LogP contribution in [0.5, 0.6) is 0 Å². The van der Waals surface area contributed by atoms with Crippen molar-refractivity contribution < 1.29 is 4.79 Å². The van der Waals surface area contributed by atoms with Crippen molar-refractivity contribution in [1.82, 2.24) is 9.88 Å². The molecule has 1 aromatic carbocycles. The zero-order chi connectivity index (χ0) is 20.8. The minimum Gasteiger partial charge on any atom is -0.372 e. The minimum absolute atomic E-state index is 0.0428. The third-order valence-electron chi connectivity index (χ3n) is 4.82. The normalized spacial score (nSPS) is 14.2. The van der Waals surface area contributed by atoms with Gasteiger partial charge in [0.1, 0.15) is 15.3 Å². The molecule has 1 aromatic heterocycles. The van der Waals surface area contributed by atoms with E-state index in [9.17, 15) is 14.9 Å². The number of nitriles is 1. The molecule has 1 aliphatic heterocycles. The van der Waals surface area contributed by atoms with E-state index in [1.165, 1.54) is 23.1 Å². The predicted octanol–water partition coefficient (Wildman–Crippen LogP) is 1.43. The Balaban J connectivity index is 2.04. The van der Waals surface area contributed by atoms with Crippen molar-refractivity contribution in [3.05, 3.63) is 49.4 Å². The molecule has 3 rings (SSSR count). The van der Waals surface area contributed by atoms with E-state index in [1.807, 2.05) is 25.1 Å². The molecule has 0 unspecified atom stereocenters. The molecule has 0 spiro atoms. The molecule has 7 heteroatoms. The molecular weight excluding hydrogens is 384 g/mol. The third-order valence-corrected chi connectivity index (χ3v) is 5.94. The first kappa shape index (κ1) is 20.7. The van der Waals surface area contributed by atoms with Crippen LogP contribution in [0.4, 0.5) is 5.69 Å². The minimum atomic E-state index is -0.466. The second-order valence-corrected chi connectivity index (χ2v) is 7.71. The number of carbonyl (C=O) groups excluding carboxylic acids is 1. The van der Waals surface area contributed by atoms with Gasteiger partial charge in [0.25, 0.3) is 11.5 Å². The molecular formula is C22H24N4O2S. The van der Waals surface area contributed by atoms with Gasteiger partial charge >= 0.3 is 0 Å². The highest BCUT2D eigenvalue weighted by Crippen LogP contribution is 2.20. The van der Waals surface area contributed by atoms with E-state index in [2.05, 4.69) is 28.1 Å². The number of benzene rings is 1. The molecule has 2 aromatic rings. The van der Waals surface area contributed by atoms with Gasteiger partial charge in [-0.1, -0.05) is 17.9 Å². The number of nitrogens with zero attached hydrogens (tertiary/aromatic N) is 3. The molecule has 29 heavy (non-hydrogen) atoms. The van der Waals surface area contributed by atoms with E-state index in [0.717, 1.165) is 30.0 Å². The van der Waals surface area contributed by atoms with E-state index in [0.29, 0.717) is 22.3 Å².